The molecule has 0 fully saturated rings. The number of nitrogens with zero attached hydrogens (tertiary/aromatic N) is 2. The highest BCUT2D eigenvalue weighted by Gasteiger charge is 2.13. The predicted octanol–water partition coefficient (Wildman–Crippen LogP) is 1.78. The summed E-state index contributed by atoms with van der Waals surface area (Å²) in [5, 5.41) is 18.1. The molecule has 7 nitrogen and oxygen atoms in total. The standard InChI is InChI=1S/C14H14N2O5/c1-8-5-10(13(18)19)16-14(15-8)21-11-4-3-9(7-17)6-12(11)20-2/h3-6,17H,7H2,1-2H3,(H,18,19). The third-order valence-electron chi connectivity index (χ3n) is 2.66. The highest BCUT2D eigenvalue weighted by Crippen LogP contribution is 2.31. The van der Waals surface area contributed by atoms with Crippen molar-refractivity contribution in [2.75, 3.05) is 7.11 Å². The Morgan fingerprint density at radius 1 is 1.24 bits per heavy atom. The maximum Gasteiger partial charge on any atom is 0.354 e. The number of aromatic nitrogens is 2. The van der Waals surface area contributed by atoms with Crippen LogP contribution >= 0.6 is 0 Å². The number of methoxy groups -OCH3 is 1. The lowest BCUT2D eigenvalue weighted by Crippen LogP contribution is -2.04. The first-order valence-corrected chi connectivity index (χ1v) is 6.08. The van der Waals surface area contributed by atoms with Gasteiger partial charge in [-0.15, -0.1) is 0 Å². The number of aliphatic hydroxyl groups excluding tert-OH is 1. The Morgan fingerprint density at radius 3 is 2.62 bits per heavy atom. The number of hydrogen-bond donors (Lipinski definition) is 2. The van der Waals surface area contributed by atoms with Crippen molar-refractivity contribution in [3.8, 4) is 17.5 Å². The van der Waals surface area contributed by atoms with Gasteiger partial charge in [0, 0.05) is 5.69 Å². The fourth-order valence-corrected chi connectivity index (χ4v) is 1.69. The smallest absolute Gasteiger partial charge is 0.354 e. The zero-order valence-corrected chi connectivity index (χ0v) is 11.5. The first kappa shape index (κ1) is 14.7. The maximum absolute atomic E-state index is 11.0. The number of aliphatic hydroxyl groups is 1. The zero-order chi connectivity index (χ0) is 15.4. The number of rotatable bonds is 5. The van der Waals surface area contributed by atoms with E-state index in [1.54, 1.807) is 25.1 Å². The number of hydrogen-bond acceptors (Lipinski definition) is 6. The van der Waals surface area contributed by atoms with Crippen molar-refractivity contribution < 1.29 is 24.5 Å². The van der Waals surface area contributed by atoms with Crippen molar-refractivity contribution in [2.24, 2.45) is 0 Å². The van der Waals surface area contributed by atoms with E-state index < -0.39 is 5.97 Å². The summed E-state index contributed by atoms with van der Waals surface area (Å²) in [4.78, 5) is 18.8. The SMILES string of the molecule is COc1cc(CO)ccc1Oc1nc(C)cc(C(=O)O)n1. The van der Waals surface area contributed by atoms with Gasteiger partial charge in [-0.3, -0.25) is 0 Å². The zero-order valence-electron chi connectivity index (χ0n) is 11.5. The Morgan fingerprint density at radius 2 is 2.00 bits per heavy atom. The summed E-state index contributed by atoms with van der Waals surface area (Å²) in [6.45, 7) is 1.52. The molecular formula is C14H14N2O5. The summed E-state index contributed by atoms with van der Waals surface area (Å²) >= 11 is 0. The van der Waals surface area contributed by atoms with Crippen molar-refractivity contribution in [2.45, 2.75) is 13.5 Å². The van der Waals surface area contributed by atoms with Crippen molar-refractivity contribution in [1.29, 1.82) is 0 Å². The quantitative estimate of drug-likeness (QED) is 0.865. The summed E-state index contributed by atoms with van der Waals surface area (Å²) in [6.07, 6.45) is 0. The van der Waals surface area contributed by atoms with E-state index in [-0.39, 0.29) is 18.3 Å². The van der Waals surface area contributed by atoms with Crippen molar-refractivity contribution in [3.05, 3.63) is 41.2 Å². The average Bonchev–Trinajstić information content (AvgIpc) is 2.47. The molecule has 0 bridgehead atoms. The number of aromatic carboxylic acids is 1. The Kier molecular flexibility index (Phi) is 4.34. The van der Waals surface area contributed by atoms with Crippen LogP contribution in [0.5, 0.6) is 17.5 Å². The van der Waals surface area contributed by atoms with Gasteiger partial charge >= 0.3 is 12.0 Å². The first-order chi connectivity index (χ1) is 10.0. The first-order valence-electron chi connectivity index (χ1n) is 6.08. The molecule has 0 unspecified atom stereocenters. The third-order valence-corrected chi connectivity index (χ3v) is 2.66. The van der Waals surface area contributed by atoms with Gasteiger partial charge < -0.3 is 19.7 Å². The number of benzene rings is 1. The van der Waals surface area contributed by atoms with E-state index in [1.807, 2.05) is 0 Å². The van der Waals surface area contributed by atoms with E-state index in [4.69, 9.17) is 19.7 Å². The van der Waals surface area contributed by atoms with Gasteiger partial charge in [-0.05, 0) is 30.7 Å². The van der Waals surface area contributed by atoms with Crippen LogP contribution in [0.15, 0.2) is 24.3 Å². The normalized spacial score (nSPS) is 10.2. The van der Waals surface area contributed by atoms with E-state index in [0.717, 1.165) is 0 Å². The number of carboxylic acids is 1. The summed E-state index contributed by atoms with van der Waals surface area (Å²) in [6, 6.07) is 6.13. The molecule has 0 aliphatic heterocycles. The van der Waals surface area contributed by atoms with Crippen LogP contribution in [0.1, 0.15) is 21.7 Å². The van der Waals surface area contributed by atoms with E-state index in [9.17, 15) is 4.79 Å². The lowest BCUT2D eigenvalue weighted by atomic mass is 10.2. The van der Waals surface area contributed by atoms with Crippen LogP contribution in [0.25, 0.3) is 0 Å². The minimum absolute atomic E-state index is 0.0811. The van der Waals surface area contributed by atoms with Gasteiger partial charge in [0.15, 0.2) is 17.2 Å². The molecule has 1 heterocycles. The molecule has 0 aliphatic carbocycles. The Hall–Kier alpha value is -2.67. The van der Waals surface area contributed by atoms with E-state index in [2.05, 4.69) is 9.97 Å². The van der Waals surface area contributed by atoms with Gasteiger partial charge in [-0.25, -0.2) is 9.78 Å². The predicted molar refractivity (Wildman–Crippen MR) is 72.7 cm³/mol. The lowest BCUT2D eigenvalue weighted by molar-refractivity contribution is 0.0689. The van der Waals surface area contributed by atoms with Gasteiger partial charge in [-0.1, -0.05) is 6.07 Å². The molecule has 2 N–H and O–H groups in total. The van der Waals surface area contributed by atoms with Crippen LogP contribution in [0.4, 0.5) is 0 Å². The molecule has 7 heteroatoms. The number of aryl methyl sites for hydroxylation is 1. The molecule has 0 saturated heterocycles. The Bertz CT molecular complexity index is 672. The van der Waals surface area contributed by atoms with Gasteiger partial charge in [0.25, 0.3) is 0 Å². The largest absolute Gasteiger partial charge is 0.493 e. The fraction of sp³-hybridized carbons (Fsp3) is 0.214. The topological polar surface area (TPSA) is 102 Å². The van der Waals surface area contributed by atoms with Crippen LogP contribution in [0, 0.1) is 6.92 Å². The molecule has 2 rings (SSSR count). The lowest BCUT2D eigenvalue weighted by Gasteiger charge is -2.10. The van der Waals surface area contributed by atoms with Gasteiger partial charge in [0.05, 0.1) is 13.7 Å². The number of carbonyl (C=O) groups is 1. The molecular weight excluding hydrogens is 276 g/mol. The van der Waals surface area contributed by atoms with Crippen LogP contribution in [-0.2, 0) is 6.61 Å². The second-order valence-corrected chi connectivity index (χ2v) is 4.23. The van der Waals surface area contributed by atoms with Crippen LogP contribution < -0.4 is 9.47 Å². The Labute approximate surface area is 120 Å². The maximum atomic E-state index is 11.0. The van der Waals surface area contributed by atoms with E-state index >= 15 is 0 Å². The summed E-state index contributed by atoms with van der Waals surface area (Å²) < 4.78 is 10.6. The molecule has 2 aromatic rings. The molecule has 0 radical (unpaired) electrons. The van der Waals surface area contributed by atoms with Gasteiger partial charge in [-0.2, -0.15) is 4.98 Å². The molecule has 0 amide bonds. The molecule has 0 spiro atoms. The van der Waals surface area contributed by atoms with Crippen LogP contribution in [0.2, 0.25) is 0 Å². The highest BCUT2D eigenvalue weighted by atomic mass is 16.5. The second-order valence-electron chi connectivity index (χ2n) is 4.23. The van der Waals surface area contributed by atoms with Crippen molar-refractivity contribution in [3.63, 3.8) is 0 Å². The highest BCUT2D eigenvalue weighted by molar-refractivity contribution is 5.85. The number of carboxylic acid groups (broad SMARTS) is 1. The minimum Gasteiger partial charge on any atom is -0.493 e. The average molecular weight is 290 g/mol. The molecule has 0 aliphatic rings. The summed E-state index contributed by atoms with van der Waals surface area (Å²) in [5.41, 5.74) is 0.988. The molecule has 21 heavy (non-hydrogen) atoms. The van der Waals surface area contributed by atoms with Gasteiger partial charge in [0.2, 0.25) is 0 Å². The molecule has 1 aromatic heterocycles. The van der Waals surface area contributed by atoms with Crippen molar-refractivity contribution >= 4 is 5.97 Å². The van der Waals surface area contributed by atoms with E-state index in [1.165, 1.54) is 13.2 Å². The second kappa shape index (κ2) is 6.19. The summed E-state index contributed by atoms with van der Waals surface area (Å²) in [7, 11) is 1.46. The Balaban J connectivity index is 2.35. The fourth-order valence-electron chi connectivity index (χ4n) is 1.69. The van der Waals surface area contributed by atoms with Crippen LogP contribution in [0.3, 0.4) is 0 Å². The van der Waals surface area contributed by atoms with E-state index in [0.29, 0.717) is 22.8 Å². The monoisotopic (exact) mass is 290 g/mol. The van der Waals surface area contributed by atoms with Gasteiger partial charge in [0.1, 0.15) is 0 Å². The van der Waals surface area contributed by atoms with Crippen LogP contribution in [-0.4, -0.2) is 33.3 Å². The molecule has 0 saturated carbocycles. The molecule has 110 valence electrons. The minimum atomic E-state index is -1.16. The summed E-state index contributed by atoms with van der Waals surface area (Å²) in [5.74, 6) is -0.437. The molecule has 0 atom stereocenters. The third kappa shape index (κ3) is 3.46. The number of ether oxygens (including phenoxy) is 2. The molecule has 1 aromatic carbocycles. The van der Waals surface area contributed by atoms with Crippen molar-refractivity contribution in [1.82, 2.24) is 9.97 Å².